The molecule has 5 nitrogen and oxygen atoms in total. The van der Waals surface area contributed by atoms with Crippen LogP contribution < -0.4 is 10.1 Å². The second kappa shape index (κ2) is 10.6. The van der Waals surface area contributed by atoms with Gasteiger partial charge in [-0.25, -0.2) is 4.98 Å². The number of rotatable bonds is 9. The van der Waals surface area contributed by atoms with Crippen LogP contribution in [0.15, 0.2) is 29.6 Å². The number of piperidine rings is 1. The molecule has 6 heteroatoms. The monoisotopic (exact) mass is 401 g/mol. The van der Waals surface area contributed by atoms with Gasteiger partial charge < -0.3 is 10.1 Å². The van der Waals surface area contributed by atoms with Crippen LogP contribution in [0, 0.1) is 19.8 Å². The first-order chi connectivity index (χ1) is 13.6. The summed E-state index contributed by atoms with van der Waals surface area (Å²) in [6.45, 7) is 8.37. The third-order valence-corrected chi connectivity index (χ3v) is 5.99. The van der Waals surface area contributed by atoms with Crippen molar-refractivity contribution in [3.8, 4) is 5.75 Å². The van der Waals surface area contributed by atoms with Gasteiger partial charge in [-0.2, -0.15) is 0 Å². The van der Waals surface area contributed by atoms with Crippen LogP contribution in [0.2, 0.25) is 0 Å². The summed E-state index contributed by atoms with van der Waals surface area (Å²) in [6.07, 6.45) is 3.76. The molecule has 1 aliphatic rings. The fourth-order valence-corrected chi connectivity index (χ4v) is 4.07. The summed E-state index contributed by atoms with van der Waals surface area (Å²) in [5.74, 6) is 1.27. The Morgan fingerprint density at radius 3 is 2.64 bits per heavy atom. The second-order valence-corrected chi connectivity index (χ2v) is 8.63. The number of ether oxygens (including phenoxy) is 1. The van der Waals surface area contributed by atoms with E-state index in [1.54, 1.807) is 11.3 Å². The molecule has 28 heavy (non-hydrogen) atoms. The lowest BCUT2D eigenvalue weighted by molar-refractivity contribution is -0.126. The van der Waals surface area contributed by atoms with E-state index in [-0.39, 0.29) is 11.8 Å². The molecule has 1 N–H and O–H groups in total. The Hall–Kier alpha value is -1.92. The molecule has 1 saturated heterocycles. The SMILES string of the molecule is Cc1ccc(OCCCCNC(=O)C2CCN(Cc3csc(C)n3)CC2)cc1. The molecule has 1 fully saturated rings. The highest BCUT2D eigenvalue weighted by Crippen LogP contribution is 2.20. The van der Waals surface area contributed by atoms with Crippen molar-refractivity contribution in [1.82, 2.24) is 15.2 Å². The van der Waals surface area contributed by atoms with Crippen molar-refractivity contribution >= 4 is 17.2 Å². The third-order valence-electron chi connectivity index (χ3n) is 5.17. The molecular formula is C22H31N3O2S. The molecule has 1 aliphatic heterocycles. The zero-order valence-corrected chi connectivity index (χ0v) is 17.8. The van der Waals surface area contributed by atoms with Crippen molar-refractivity contribution in [2.45, 2.75) is 46.1 Å². The van der Waals surface area contributed by atoms with Crippen LogP contribution >= 0.6 is 11.3 Å². The van der Waals surface area contributed by atoms with Crippen LogP contribution in [0.3, 0.4) is 0 Å². The van der Waals surface area contributed by atoms with E-state index in [1.807, 2.05) is 19.1 Å². The Labute approximate surface area is 172 Å². The van der Waals surface area contributed by atoms with Crippen molar-refractivity contribution in [3.63, 3.8) is 0 Å². The molecule has 1 aromatic heterocycles. The van der Waals surface area contributed by atoms with E-state index in [4.69, 9.17) is 4.74 Å². The number of nitrogens with zero attached hydrogens (tertiary/aromatic N) is 2. The van der Waals surface area contributed by atoms with E-state index in [0.29, 0.717) is 6.61 Å². The zero-order valence-electron chi connectivity index (χ0n) is 16.9. The minimum absolute atomic E-state index is 0.150. The maximum Gasteiger partial charge on any atom is 0.223 e. The lowest BCUT2D eigenvalue weighted by Crippen LogP contribution is -2.40. The summed E-state index contributed by atoms with van der Waals surface area (Å²) >= 11 is 1.70. The van der Waals surface area contributed by atoms with Gasteiger partial charge >= 0.3 is 0 Å². The van der Waals surface area contributed by atoms with E-state index in [2.05, 4.69) is 39.6 Å². The predicted octanol–water partition coefficient (Wildman–Crippen LogP) is 3.95. The van der Waals surface area contributed by atoms with Gasteiger partial charge in [0.05, 0.1) is 17.3 Å². The second-order valence-electron chi connectivity index (χ2n) is 7.57. The number of benzene rings is 1. The van der Waals surface area contributed by atoms with E-state index >= 15 is 0 Å². The Morgan fingerprint density at radius 2 is 1.96 bits per heavy atom. The maximum atomic E-state index is 12.4. The molecule has 0 atom stereocenters. The number of hydrogen-bond donors (Lipinski definition) is 1. The number of carbonyl (C=O) groups excluding carboxylic acids is 1. The van der Waals surface area contributed by atoms with E-state index < -0.39 is 0 Å². The minimum Gasteiger partial charge on any atom is -0.494 e. The van der Waals surface area contributed by atoms with Gasteiger partial charge in [0.25, 0.3) is 0 Å². The van der Waals surface area contributed by atoms with Crippen LogP contribution in [0.1, 0.15) is 41.9 Å². The van der Waals surface area contributed by atoms with Crippen molar-refractivity contribution in [1.29, 1.82) is 0 Å². The zero-order chi connectivity index (χ0) is 19.8. The summed E-state index contributed by atoms with van der Waals surface area (Å²) in [5, 5.41) is 6.36. The quantitative estimate of drug-likeness (QED) is 0.647. The number of amides is 1. The molecule has 0 aliphatic carbocycles. The highest BCUT2D eigenvalue weighted by atomic mass is 32.1. The molecule has 0 unspecified atom stereocenters. The molecule has 152 valence electrons. The van der Waals surface area contributed by atoms with Gasteiger partial charge in [-0.15, -0.1) is 11.3 Å². The summed E-state index contributed by atoms with van der Waals surface area (Å²) in [7, 11) is 0. The van der Waals surface area contributed by atoms with Gasteiger partial charge in [-0.05, 0) is 64.8 Å². The van der Waals surface area contributed by atoms with Gasteiger partial charge in [0.1, 0.15) is 5.75 Å². The number of aryl methyl sites for hydroxylation is 2. The number of thiazole rings is 1. The molecule has 0 saturated carbocycles. The third kappa shape index (κ3) is 6.60. The molecule has 1 aromatic carbocycles. The van der Waals surface area contributed by atoms with E-state index in [1.165, 1.54) is 5.56 Å². The highest BCUT2D eigenvalue weighted by molar-refractivity contribution is 7.09. The summed E-state index contributed by atoms with van der Waals surface area (Å²) in [5.41, 5.74) is 2.39. The topological polar surface area (TPSA) is 54.5 Å². The van der Waals surface area contributed by atoms with Crippen molar-refractivity contribution < 1.29 is 9.53 Å². The molecular weight excluding hydrogens is 370 g/mol. The summed E-state index contributed by atoms with van der Waals surface area (Å²) < 4.78 is 5.72. The van der Waals surface area contributed by atoms with Crippen LogP contribution in [0.4, 0.5) is 0 Å². The normalized spacial score (nSPS) is 15.5. The fourth-order valence-electron chi connectivity index (χ4n) is 3.47. The van der Waals surface area contributed by atoms with Crippen LogP contribution in [-0.4, -0.2) is 42.0 Å². The smallest absolute Gasteiger partial charge is 0.223 e. The molecule has 0 spiro atoms. The van der Waals surface area contributed by atoms with Crippen LogP contribution in [-0.2, 0) is 11.3 Å². The molecule has 1 amide bonds. The summed E-state index contributed by atoms with van der Waals surface area (Å²) in [4.78, 5) is 19.3. The predicted molar refractivity (Wildman–Crippen MR) is 114 cm³/mol. The molecule has 0 radical (unpaired) electrons. The average Bonchev–Trinajstić information content (AvgIpc) is 3.11. The summed E-state index contributed by atoms with van der Waals surface area (Å²) in [6, 6.07) is 8.11. The van der Waals surface area contributed by atoms with Gasteiger partial charge in [-0.3, -0.25) is 9.69 Å². The van der Waals surface area contributed by atoms with Gasteiger partial charge in [0.2, 0.25) is 5.91 Å². The lowest BCUT2D eigenvalue weighted by Gasteiger charge is -2.30. The fraction of sp³-hybridized carbons (Fsp3) is 0.545. The first-order valence-electron chi connectivity index (χ1n) is 10.2. The Kier molecular flexibility index (Phi) is 7.86. The Morgan fingerprint density at radius 1 is 1.21 bits per heavy atom. The number of aromatic nitrogens is 1. The molecule has 0 bridgehead atoms. The molecule has 2 heterocycles. The average molecular weight is 402 g/mol. The number of nitrogens with one attached hydrogen (secondary N) is 1. The highest BCUT2D eigenvalue weighted by Gasteiger charge is 2.24. The standard InChI is InChI=1S/C22H31N3O2S/c1-17-5-7-21(8-6-17)27-14-4-3-11-23-22(26)19-9-12-25(13-10-19)15-20-16-28-18(2)24-20/h5-8,16,19H,3-4,9-15H2,1-2H3,(H,23,26). The van der Waals surface area contributed by atoms with Gasteiger partial charge in [0, 0.05) is 24.4 Å². The maximum absolute atomic E-state index is 12.4. The van der Waals surface area contributed by atoms with Gasteiger partial charge in [-0.1, -0.05) is 17.7 Å². The van der Waals surface area contributed by atoms with Crippen molar-refractivity contribution in [2.24, 2.45) is 5.92 Å². The number of unbranched alkanes of at least 4 members (excludes halogenated alkanes) is 1. The number of hydrogen-bond acceptors (Lipinski definition) is 5. The van der Waals surface area contributed by atoms with Gasteiger partial charge in [0.15, 0.2) is 0 Å². The Balaban J connectivity index is 1.25. The van der Waals surface area contributed by atoms with E-state index in [9.17, 15) is 4.79 Å². The number of carbonyl (C=O) groups is 1. The molecule has 2 aromatic rings. The largest absolute Gasteiger partial charge is 0.494 e. The van der Waals surface area contributed by atoms with Crippen LogP contribution in [0.5, 0.6) is 5.75 Å². The van der Waals surface area contributed by atoms with E-state index in [0.717, 1.165) is 68.3 Å². The number of likely N-dealkylation sites (tertiary alicyclic amines) is 1. The van der Waals surface area contributed by atoms with Crippen molar-refractivity contribution in [2.75, 3.05) is 26.2 Å². The molecule has 3 rings (SSSR count). The minimum atomic E-state index is 0.150. The van der Waals surface area contributed by atoms with Crippen molar-refractivity contribution in [3.05, 3.63) is 45.9 Å². The lowest BCUT2D eigenvalue weighted by atomic mass is 9.96. The van der Waals surface area contributed by atoms with Crippen LogP contribution in [0.25, 0.3) is 0 Å². The Bertz CT molecular complexity index is 736. The first kappa shape index (κ1) is 20.8. The first-order valence-corrected chi connectivity index (χ1v) is 11.1.